The summed E-state index contributed by atoms with van der Waals surface area (Å²) in [5.74, 6) is -0.927. The first-order valence-corrected chi connectivity index (χ1v) is 5.98. The first-order valence-electron chi connectivity index (χ1n) is 5.04. The van der Waals surface area contributed by atoms with Crippen LogP contribution in [0.5, 0.6) is 0 Å². The summed E-state index contributed by atoms with van der Waals surface area (Å²) >= 11 is 1.34. The second-order valence-corrected chi connectivity index (χ2v) is 4.54. The standard InChI is InChI=1S/C12H9F4NS.ClH/c13-8-1-2-9(10(5-8)12(14,15)16)11(17)7-3-4-18-6-7;/h1-6,11H,17H2;1H/t11-;/m1./s1. The molecule has 0 spiro atoms. The lowest BCUT2D eigenvalue weighted by atomic mass is 9.96. The van der Waals surface area contributed by atoms with E-state index in [0.29, 0.717) is 11.6 Å². The van der Waals surface area contributed by atoms with Crippen LogP contribution in [-0.2, 0) is 6.18 Å². The molecule has 104 valence electrons. The zero-order valence-electron chi connectivity index (χ0n) is 9.45. The summed E-state index contributed by atoms with van der Waals surface area (Å²) in [5.41, 5.74) is 5.22. The van der Waals surface area contributed by atoms with Gasteiger partial charge in [-0.25, -0.2) is 4.39 Å². The van der Waals surface area contributed by atoms with Crippen molar-refractivity contribution in [1.29, 1.82) is 0 Å². The van der Waals surface area contributed by atoms with Crippen LogP contribution in [0, 0.1) is 5.82 Å². The van der Waals surface area contributed by atoms with Crippen molar-refractivity contribution < 1.29 is 17.6 Å². The van der Waals surface area contributed by atoms with Gasteiger partial charge >= 0.3 is 6.18 Å². The molecule has 19 heavy (non-hydrogen) atoms. The third-order valence-electron chi connectivity index (χ3n) is 2.56. The molecule has 0 amide bonds. The minimum atomic E-state index is -4.62. The summed E-state index contributed by atoms with van der Waals surface area (Å²) in [5, 5.41) is 3.40. The molecule has 1 heterocycles. The highest BCUT2D eigenvalue weighted by Gasteiger charge is 2.35. The number of hydrogen-bond acceptors (Lipinski definition) is 2. The van der Waals surface area contributed by atoms with Crippen molar-refractivity contribution in [3.8, 4) is 0 Å². The summed E-state index contributed by atoms with van der Waals surface area (Å²) < 4.78 is 51.4. The van der Waals surface area contributed by atoms with Gasteiger partial charge in [0.05, 0.1) is 11.6 Å². The van der Waals surface area contributed by atoms with E-state index in [1.54, 1.807) is 16.8 Å². The van der Waals surface area contributed by atoms with Crippen molar-refractivity contribution in [3.05, 3.63) is 57.5 Å². The molecule has 0 unspecified atom stereocenters. The van der Waals surface area contributed by atoms with E-state index in [1.807, 2.05) is 0 Å². The highest BCUT2D eigenvalue weighted by atomic mass is 35.5. The average Bonchev–Trinajstić information content (AvgIpc) is 2.80. The number of rotatable bonds is 2. The zero-order chi connectivity index (χ0) is 13.3. The minimum Gasteiger partial charge on any atom is -0.320 e. The molecular formula is C12H10ClF4NS. The molecule has 0 saturated heterocycles. The number of nitrogens with two attached hydrogens (primary N) is 1. The maximum Gasteiger partial charge on any atom is 0.416 e. The predicted octanol–water partition coefficient (Wildman–Crippen LogP) is 4.38. The fourth-order valence-electron chi connectivity index (χ4n) is 1.68. The highest BCUT2D eigenvalue weighted by molar-refractivity contribution is 7.08. The van der Waals surface area contributed by atoms with Crippen LogP contribution in [0.15, 0.2) is 35.0 Å². The Labute approximate surface area is 117 Å². The molecule has 0 bridgehead atoms. The van der Waals surface area contributed by atoms with Crippen LogP contribution in [0.2, 0.25) is 0 Å². The maximum absolute atomic E-state index is 12.9. The SMILES string of the molecule is Cl.N[C@H](c1ccsc1)c1ccc(F)cc1C(F)(F)F. The van der Waals surface area contributed by atoms with E-state index in [9.17, 15) is 17.6 Å². The minimum absolute atomic E-state index is 0. The molecule has 1 aromatic heterocycles. The third kappa shape index (κ3) is 3.46. The van der Waals surface area contributed by atoms with Crippen LogP contribution in [0.4, 0.5) is 17.6 Å². The van der Waals surface area contributed by atoms with Crippen LogP contribution in [0.25, 0.3) is 0 Å². The van der Waals surface area contributed by atoms with Gasteiger partial charge in [-0.3, -0.25) is 0 Å². The van der Waals surface area contributed by atoms with Crippen molar-refractivity contribution in [2.45, 2.75) is 12.2 Å². The molecule has 2 N–H and O–H groups in total. The van der Waals surface area contributed by atoms with Crippen molar-refractivity contribution in [1.82, 2.24) is 0 Å². The molecule has 0 fully saturated rings. The Morgan fingerprint density at radius 2 is 1.84 bits per heavy atom. The lowest BCUT2D eigenvalue weighted by molar-refractivity contribution is -0.138. The number of thiophene rings is 1. The first-order chi connectivity index (χ1) is 8.39. The largest absolute Gasteiger partial charge is 0.416 e. The average molecular weight is 312 g/mol. The fraction of sp³-hybridized carbons (Fsp3) is 0.167. The molecule has 0 aliphatic carbocycles. The lowest BCUT2D eigenvalue weighted by Gasteiger charge is -2.17. The second-order valence-electron chi connectivity index (χ2n) is 3.76. The van der Waals surface area contributed by atoms with Crippen LogP contribution < -0.4 is 5.73 Å². The Hall–Kier alpha value is -1.11. The van der Waals surface area contributed by atoms with Gasteiger partial charge in [0.2, 0.25) is 0 Å². The van der Waals surface area contributed by atoms with Gasteiger partial charge in [-0.2, -0.15) is 24.5 Å². The molecule has 0 radical (unpaired) electrons. The van der Waals surface area contributed by atoms with E-state index < -0.39 is 23.6 Å². The summed E-state index contributed by atoms with van der Waals surface area (Å²) in [6, 6.07) is 3.28. The van der Waals surface area contributed by atoms with Crippen LogP contribution >= 0.6 is 23.7 Å². The van der Waals surface area contributed by atoms with Gasteiger partial charge in [-0.05, 0) is 40.1 Å². The first kappa shape index (κ1) is 15.9. The van der Waals surface area contributed by atoms with Gasteiger partial charge in [0, 0.05) is 0 Å². The smallest absolute Gasteiger partial charge is 0.320 e. The number of alkyl halides is 3. The highest BCUT2D eigenvalue weighted by Crippen LogP contribution is 2.36. The Bertz CT molecular complexity index is 539. The van der Waals surface area contributed by atoms with Gasteiger partial charge in [0.25, 0.3) is 0 Å². The van der Waals surface area contributed by atoms with E-state index in [-0.39, 0.29) is 18.0 Å². The molecule has 2 aromatic rings. The predicted molar refractivity (Wildman–Crippen MR) is 69.0 cm³/mol. The molecule has 2 rings (SSSR count). The molecule has 1 aromatic carbocycles. The topological polar surface area (TPSA) is 26.0 Å². The maximum atomic E-state index is 12.9. The molecule has 0 aliphatic heterocycles. The number of hydrogen-bond donors (Lipinski definition) is 1. The van der Waals surface area contributed by atoms with E-state index >= 15 is 0 Å². The Morgan fingerprint density at radius 3 is 2.37 bits per heavy atom. The number of benzene rings is 1. The van der Waals surface area contributed by atoms with Gasteiger partial charge in [-0.15, -0.1) is 12.4 Å². The van der Waals surface area contributed by atoms with Crippen molar-refractivity contribution in [3.63, 3.8) is 0 Å². The molecular weight excluding hydrogens is 302 g/mol. The summed E-state index contributed by atoms with van der Waals surface area (Å²) in [6.07, 6.45) is -4.62. The Balaban J connectivity index is 0.00000180. The van der Waals surface area contributed by atoms with E-state index in [1.165, 1.54) is 11.3 Å². The van der Waals surface area contributed by atoms with Gasteiger partial charge < -0.3 is 5.73 Å². The number of halogens is 5. The quantitative estimate of drug-likeness (QED) is 0.819. The van der Waals surface area contributed by atoms with Crippen LogP contribution in [0.1, 0.15) is 22.7 Å². The summed E-state index contributed by atoms with van der Waals surface area (Å²) in [4.78, 5) is 0. The van der Waals surface area contributed by atoms with E-state index in [2.05, 4.69) is 0 Å². The van der Waals surface area contributed by atoms with E-state index in [4.69, 9.17) is 5.73 Å². The van der Waals surface area contributed by atoms with Crippen molar-refractivity contribution in [2.75, 3.05) is 0 Å². The Kier molecular flexibility index (Phi) is 4.95. The second kappa shape index (κ2) is 5.90. The lowest BCUT2D eigenvalue weighted by Crippen LogP contribution is -2.18. The Morgan fingerprint density at radius 1 is 1.16 bits per heavy atom. The zero-order valence-corrected chi connectivity index (χ0v) is 11.1. The van der Waals surface area contributed by atoms with Gasteiger partial charge in [0.15, 0.2) is 0 Å². The normalized spacial score (nSPS) is 12.9. The van der Waals surface area contributed by atoms with E-state index in [0.717, 1.165) is 12.1 Å². The molecule has 7 heteroatoms. The molecule has 1 nitrogen and oxygen atoms in total. The third-order valence-corrected chi connectivity index (χ3v) is 3.26. The fourth-order valence-corrected chi connectivity index (χ4v) is 2.37. The van der Waals surface area contributed by atoms with Crippen LogP contribution in [-0.4, -0.2) is 0 Å². The van der Waals surface area contributed by atoms with Crippen LogP contribution in [0.3, 0.4) is 0 Å². The molecule has 0 aliphatic rings. The van der Waals surface area contributed by atoms with Gasteiger partial charge in [0.1, 0.15) is 5.82 Å². The summed E-state index contributed by atoms with van der Waals surface area (Å²) in [6.45, 7) is 0. The van der Waals surface area contributed by atoms with Crippen molar-refractivity contribution in [2.24, 2.45) is 5.73 Å². The van der Waals surface area contributed by atoms with Gasteiger partial charge in [-0.1, -0.05) is 6.07 Å². The molecule has 0 saturated carbocycles. The van der Waals surface area contributed by atoms with Crippen molar-refractivity contribution >= 4 is 23.7 Å². The summed E-state index contributed by atoms with van der Waals surface area (Å²) in [7, 11) is 0. The monoisotopic (exact) mass is 311 g/mol. The molecule has 1 atom stereocenters.